The first-order valence-corrected chi connectivity index (χ1v) is 12.1. The molecule has 178 valence electrons. The number of benzene rings is 2. The van der Waals surface area contributed by atoms with E-state index in [0.717, 1.165) is 41.6 Å². The molecule has 1 saturated heterocycles. The molecule has 0 spiro atoms. The van der Waals surface area contributed by atoms with Crippen molar-refractivity contribution in [2.24, 2.45) is 0 Å². The molecule has 2 N–H and O–H groups in total. The zero-order chi connectivity index (χ0) is 23.7. The molecule has 7 nitrogen and oxygen atoms in total. The van der Waals surface area contributed by atoms with Crippen LogP contribution in [0.15, 0.2) is 41.2 Å². The number of nitrogens with one attached hydrogen (secondary N) is 2. The number of ether oxygens (including phenoxy) is 3. The van der Waals surface area contributed by atoms with Gasteiger partial charge in [0.25, 0.3) is 5.56 Å². The number of nitrogens with zero attached hydrogens (tertiary/aromatic N) is 1. The zero-order valence-corrected chi connectivity index (χ0v) is 20.3. The van der Waals surface area contributed by atoms with Gasteiger partial charge in [0.2, 0.25) is 0 Å². The molecular weight excluding hydrogens is 450 g/mol. The topological polar surface area (TPSA) is 75.8 Å². The predicted molar refractivity (Wildman–Crippen MR) is 137 cm³/mol. The lowest BCUT2D eigenvalue weighted by molar-refractivity contribution is 0.0904. The fourth-order valence-electron chi connectivity index (χ4n) is 4.51. The zero-order valence-electron chi connectivity index (χ0n) is 19.5. The molecule has 0 aliphatic carbocycles. The second-order valence-electron chi connectivity index (χ2n) is 8.97. The summed E-state index contributed by atoms with van der Waals surface area (Å²) in [5, 5.41) is 4.85. The van der Waals surface area contributed by atoms with Gasteiger partial charge in [-0.3, -0.25) is 4.79 Å². The van der Waals surface area contributed by atoms with E-state index in [1.165, 1.54) is 5.56 Å². The molecule has 0 unspecified atom stereocenters. The molecule has 0 radical (unpaired) electrons. The molecule has 1 atom stereocenters. The second kappa shape index (κ2) is 9.64. The van der Waals surface area contributed by atoms with Crippen molar-refractivity contribution in [3.8, 4) is 11.5 Å². The molecule has 0 bridgehead atoms. The summed E-state index contributed by atoms with van der Waals surface area (Å²) in [6.45, 7) is 6.90. The van der Waals surface area contributed by atoms with Gasteiger partial charge in [0.15, 0.2) is 16.6 Å². The van der Waals surface area contributed by atoms with Crippen molar-refractivity contribution in [3.63, 3.8) is 0 Å². The minimum atomic E-state index is -0.143. The summed E-state index contributed by atoms with van der Waals surface area (Å²) >= 11 is 5.81. The number of fused-ring (bicyclic) bond motifs is 2. The normalized spacial score (nSPS) is 17.1. The lowest BCUT2D eigenvalue weighted by Crippen LogP contribution is -2.40. The van der Waals surface area contributed by atoms with Crippen molar-refractivity contribution in [3.05, 3.63) is 63.4 Å². The van der Waals surface area contributed by atoms with Gasteiger partial charge in [-0.05, 0) is 62.7 Å². The van der Waals surface area contributed by atoms with Gasteiger partial charge in [-0.1, -0.05) is 17.7 Å². The first kappa shape index (κ1) is 22.7. The van der Waals surface area contributed by atoms with E-state index in [0.29, 0.717) is 48.5 Å². The highest BCUT2D eigenvalue weighted by atomic mass is 32.1. The second-order valence-corrected chi connectivity index (χ2v) is 9.36. The number of rotatable bonds is 5. The number of aromatic nitrogens is 1. The molecule has 3 heterocycles. The van der Waals surface area contributed by atoms with Gasteiger partial charge in [0.1, 0.15) is 13.2 Å². The number of hydrogen-bond acceptors (Lipinski definition) is 5. The molecule has 8 heteroatoms. The van der Waals surface area contributed by atoms with Crippen LogP contribution in [0.4, 0.5) is 5.69 Å². The summed E-state index contributed by atoms with van der Waals surface area (Å²) < 4.78 is 17.3. The van der Waals surface area contributed by atoms with Crippen LogP contribution in [-0.2, 0) is 11.3 Å². The summed E-state index contributed by atoms with van der Waals surface area (Å²) in [5.74, 6) is 1.35. The van der Waals surface area contributed by atoms with Gasteiger partial charge in [-0.2, -0.15) is 0 Å². The van der Waals surface area contributed by atoms with Crippen LogP contribution in [0.5, 0.6) is 11.5 Å². The standard InChI is InChI=1S/C26H29N3O4S/c1-16-5-6-21(17(2)10-16)28-26(34)29(15-20-4-3-7-31-20)14-19-11-18-12-23-24(33-9-8-32-23)13-22(18)27-25(19)30/h5-6,10-13,20H,3-4,7-9,14-15H2,1-2H3,(H,27,30)(H,28,34)/t20-/m1/s1. The van der Waals surface area contributed by atoms with Crippen molar-refractivity contribution in [2.45, 2.75) is 39.3 Å². The Kier molecular flexibility index (Phi) is 6.43. The van der Waals surface area contributed by atoms with Crippen molar-refractivity contribution in [1.29, 1.82) is 0 Å². The van der Waals surface area contributed by atoms with Crippen molar-refractivity contribution < 1.29 is 14.2 Å². The van der Waals surface area contributed by atoms with E-state index < -0.39 is 0 Å². The predicted octanol–water partition coefficient (Wildman–Crippen LogP) is 4.29. The largest absolute Gasteiger partial charge is 0.486 e. The van der Waals surface area contributed by atoms with E-state index in [1.54, 1.807) is 0 Å². The van der Waals surface area contributed by atoms with Crippen LogP contribution in [0.3, 0.4) is 0 Å². The van der Waals surface area contributed by atoms with Crippen LogP contribution in [0.25, 0.3) is 10.9 Å². The highest BCUT2D eigenvalue weighted by molar-refractivity contribution is 7.80. The van der Waals surface area contributed by atoms with E-state index in [-0.39, 0.29) is 11.7 Å². The summed E-state index contributed by atoms with van der Waals surface area (Å²) in [5.41, 5.74) is 4.49. The van der Waals surface area contributed by atoms with E-state index in [2.05, 4.69) is 36.3 Å². The van der Waals surface area contributed by atoms with Gasteiger partial charge >= 0.3 is 0 Å². The number of aromatic amines is 1. The Hall–Kier alpha value is -3.10. The van der Waals surface area contributed by atoms with Crippen LogP contribution in [0, 0.1) is 13.8 Å². The van der Waals surface area contributed by atoms with E-state index >= 15 is 0 Å². The molecule has 5 rings (SSSR count). The highest BCUT2D eigenvalue weighted by Crippen LogP contribution is 2.33. The molecule has 34 heavy (non-hydrogen) atoms. The summed E-state index contributed by atoms with van der Waals surface area (Å²) in [6.07, 6.45) is 2.12. The summed E-state index contributed by atoms with van der Waals surface area (Å²) in [7, 11) is 0. The van der Waals surface area contributed by atoms with Crippen molar-refractivity contribution >= 4 is 33.9 Å². The minimum Gasteiger partial charge on any atom is -0.486 e. The number of H-pyrrole nitrogens is 1. The number of hydrogen-bond donors (Lipinski definition) is 2. The maximum atomic E-state index is 13.0. The Bertz CT molecular complexity index is 1280. The van der Waals surface area contributed by atoms with Crippen LogP contribution in [0.1, 0.15) is 29.5 Å². The van der Waals surface area contributed by atoms with Gasteiger partial charge in [0.05, 0.1) is 18.2 Å². The Morgan fingerprint density at radius 1 is 1.12 bits per heavy atom. The average Bonchev–Trinajstić information content (AvgIpc) is 3.33. The van der Waals surface area contributed by atoms with Gasteiger partial charge in [0, 0.05) is 35.9 Å². The molecule has 2 aliphatic rings. The van der Waals surface area contributed by atoms with E-state index in [1.807, 2.05) is 29.2 Å². The van der Waals surface area contributed by atoms with E-state index in [4.69, 9.17) is 26.4 Å². The smallest absolute Gasteiger partial charge is 0.253 e. The third kappa shape index (κ3) is 4.88. The Balaban J connectivity index is 1.43. The molecule has 2 aliphatic heterocycles. The van der Waals surface area contributed by atoms with Gasteiger partial charge in [-0.25, -0.2) is 0 Å². The van der Waals surface area contributed by atoms with Gasteiger partial charge < -0.3 is 29.4 Å². The molecule has 0 saturated carbocycles. The van der Waals surface area contributed by atoms with Crippen LogP contribution >= 0.6 is 12.2 Å². The third-order valence-corrected chi connectivity index (χ3v) is 6.66. The lowest BCUT2D eigenvalue weighted by Gasteiger charge is -2.28. The monoisotopic (exact) mass is 479 g/mol. The Morgan fingerprint density at radius 2 is 1.91 bits per heavy atom. The summed E-state index contributed by atoms with van der Waals surface area (Å²) in [6, 6.07) is 11.9. The molecular formula is C26H29N3O4S. The first-order chi connectivity index (χ1) is 16.5. The maximum Gasteiger partial charge on any atom is 0.253 e. The SMILES string of the molecule is Cc1ccc(NC(=S)N(Cc2cc3cc4c(cc3[nH]c2=O)OCCO4)C[C@H]2CCCO2)c(C)c1. The molecule has 3 aromatic rings. The maximum absolute atomic E-state index is 13.0. The molecule has 1 fully saturated rings. The fraction of sp³-hybridized carbons (Fsp3) is 0.385. The lowest BCUT2D eigenvalue weighted by atomic mass is 10.1. The van der Waals surface area contributed by atoms with Crippen LogP contribution in [-0.4, -0.2) is 47.5 Å². The van der Waals surface area contributed by atoms with Crippen molar-refractivity contribution in [1.82, 2.24) is 9.88 Å². The highest BCUT2D eigenvalue weighted by Gasteiger charge is 2.23. The van der Waals surface area contributed by atoms with Crippen LogP contribution in [0.2, 0.25) is 0 Å². The quantitative estimate of drug-likeness (QED) is 0.529. The number of pyridine rings is 1. The molecule has 0 amide bonds. The summed E-state index contributed by atoms with van der Waals surface area (Å²) in [4.78, 5) is 18.0. The van der Waals surface area contributed by atoms with Gasteiger partial charge in [-0.15, -0.1) is 0 Å². The Morgan fingerprint density at radius 3 is 2.65 bits per heavy atom. The number of anilines is 1. The third-order valence-electron chi connectivity index (χ3n) is 6.30. The molecule has 2 aromatic carbocycles. The fourth-order valence-corrected chi connectivity index (χ4v) is 4.76. The van der Waals surface area contributed by atoms with Crippen LogP contribution < -0.4 is 20.3 Å². The van der Waals surface area contributed by atoms with Crippen molar-refractivity contribution in [2.75, 3.05) is 31.7 Å². The van der Waals surface area contributed by atoms with E-state index in [9.17, 15) is 4.79 Å². The number of thiocarbonyl (C=S) groups is 1. The average molecular weight is 480 g/mol. The molecule has 1 aromatic heterocycles. The Labute approximate surface area is 204 Å². The number of aryl methyl sites for hydroxylation is 2. The minimum absolute atomic E-state index is 0.0935. The first-order valence-electron chi connectivity index (χ1n) is 11.7.